The van der Waals surface area contributed by atoms with Crippen LogP contribution in [0.2, 0.25) is 5.02 Å². The number of hydrogen-bond acceptors (Lipinski definition) is 3. The summed E-state index contributed by atoms with van der Waals surface area (Å²) in [5, 5.41) is 11.1. The van der Waals surface area contributed by atoms with Crippen molar-refractivity contribution in [2.24, 2.45) is 11.7 Å². The summed E-state index contributed by atoms with van der Waals surface area (Å²) in [6.45, 7) is 1.26. The maximum Gasteiger partial charge on any atom is 0.315 e. The van der Waals surface area contributed by atoms with E-state index in [0.717, 1.165) is 0 Å². The third-order valence-electron chi connectivity index (χ3n) is 2.27. The molecule has 0 aliphatic carbocycles. The van der Waals surface area contributed by atoms with Gasteiger partial charge in [0.05, 0.1) is 10.6 Å². The number of benzene rings is 1. The molecule has 0 aromatic heterocycles. The molecule has 7 heteroatoms. The summed E-state index contributed by atoms with van der Waals surface area (Å²) < 4.78 is 0. The molecule has 0 heterocycles. The molecule has 0 aliphatic heterocycles. The van der Waals surface area contributed by atoms with Crippen molar-refractivity contribution in [1.82, 2.24) is 0 Å². The molecule has 0 fully saturated rings. The summed E-state index contributed by atoms with van der Waals surface area (Å²) in [5.74, 6) is -3.77. The summed E-state index contributed by atoms with van der Waals surface area (Å²) in [7, 11) is 0. The number of carbonyl (C=O) groups excluding carboxylic acids is 2. The molecular weight excluding hydrogens is 260 g/mol. The van der Waals surface area contributed by atoms with Gasteiger partial charge in [0.1, 0.15) is 5.92 Å². The Morgan fingerprint density at radius 1 is 1.39 bits per heavy atom. The van der Waals surface area contributed by atoms with Crippen molar-refractivity contribution in [1.29, 1.82) is 0 Å². The second-order valence-electron chi connectivity index (χ2n) is 3.61. The number of carboxylic acids is 1. The van der Waals surface area contributed by atoms with Crippen molar-refractivity contribution in [3.8, 4) is 0 Å². The maximum atomic E-state index is 11.5. The quantitative estimate of drug-likeness (QED) is 0.712. The van der Waals surface area contributed by atoms with Gasteiger partial charge >= 0.3 is 5.97 Å². The number of rotatable bonds is 4. The topological polar surface area (TPSA) is 109 Å². The molecule has 96 valence electrons. The van der Waals surface area contributed by atoms with Crippen LogP contribution in [0.5, 0.6) is 0 Å². The Bertz CT molecular complexity index is 516. The molecule has 1 aromatic rings. The van der Waals surface area contributed by atoms with Crippen molar-refractivity contribution < 1.29 is 19.5 Å². The van der Waals surface area contributed by atoms with Crippen molar-refractivity contribution in [2.45, 2.75) is 6.92 Å². The third-order valence-corrected chi connectivity index (χ3v) is 2.58. The number of hydrogen-bond donors (Lipinski definition) is 3. The number of nitrogens with two attached hydrogens (primary N) is 1. The molecule has 1 rings (SSSR count). The van der Waals surface area contributed by atoms with Crippen LogP contribution in [0.4, 0.5) is 5.69 Å². The number of carboxylic acid groups (broad SMARTS) is 1. The van der Waals surface area contributed by atoms with Gasteiger partial charge in [0.25, 0.3) is 0 Å². The van der Waals surface area contributed by atoms with E-state index in [-0.39, 0.29) is 10.6 Å². The summed E-state index contributed by atoms with van der Waals surface area (Å²) in [5.41, 5.74) is 5.49. The normalized spacial score (nSPS) is 11.7. The Kier molecular flexibility index (Phi) is 4.28. The van der Waals surface area contributed by atoms with E-state index in [4.69, 9.17) is 22.4 Å². The highest BCUT2D eigenvalue weighted by Crippen LogP contribution is 2.21. The largest absolute Gasteiger partial charge is 0.481 e. The van der Waals surface area contributed by atoms with Crippen LogP contribution >= 0.6 is 11.6 Å². The number of primary amides is 1. The SMILES string of the molecule is CC(C(=O)O)C(=O)Nc1ccc(C(N)=O)c(Cl)c1. The molecule has 18 heavy (non-hydrogen) atoms. The lowest BCUT2D eigenvalue weighted by Crippen LogP contribution is -2.26. The van der Waals surface area contributed by atoms with E-state index in [1.165, 1.54) is 25.1 Å². The van der Waals surface area contributed by atoms with Crippen molar-refractivity contribution in [3.05, 3.63) is 28.8 Å². The maximum absolute atomic E-state index is 11.5. The highest BCUT2D eigenvalue weighted by atomic mass is 35.5. The van der Waals surface area contributed by atoms with Gasteiger partial charge in [0, 0.05) is 5.69 Å². The van der Waals surface area contributed by atoms with E-state index >= 15 is 0 Å². The van der Waals surface area contributed by atoms with Crippen LogP contribution in [-0.4, -0.2) is 22.9 Å². The molecule has 1 unspecified atom stereocenters. The zero-order valence-corrected chi connectivity index (χ0v) is 10.2. The summed E-state index contributed by atoms with van der Waals surface area (Å²) in [6.07, 6.45) is 0. The fourth-order valence-corrected chi connectivity index (χ4v) is 1.43. The molecular formula is C11H11ClN2O4. The average Bonchev–Trinajstić information content (AvgIpc) is 2.27. The first-order valence-electron chi connectivity index (χ1n) is 4.96. The molecule has 0 spiro atoms. The van der Waals surface area contributed by atoms with E-state index in [1.54, 1.807) is 0 Å². The summed E-state index contributed by atoms with van der Waals surface area (Å²) >= 11 is 5.78. The summed E-state index contributed by atoms with van der Waals surface area (Å²) in [4.78, 5) is 33.0. The fourth-order valence-electron chi connectivity index (χ4n) is 1.16. The highest BCUT2D eigenvalue weighted by molar-refractivity contribution is 6.34. The first-order chi connectivity index (χ1) is 8.32. The Labute approximate surface area is 108 Å². The lowest BCUT2D eigenvalue weighted by atomic mass is 10.1. The van der Waals surface area contributed by atoms with Gasteiger partial charge in [-0.2, -0.15) is 0 Å². The zero-order chi connectivity index (χ0) is 13.9. The van der Waals surface area contributed by atoms with Crippen LogP contribution in [0.25, 0.3) is 0 Å². The molecule has 2 amide bonds. The standard InChI is InChI=1S/C11H11ClN2O4/c1-5(11(17)18)10(16)14-6-2-3-7(9(13)15)8(12)4-6/h2-5H,1H3,(H2,13,15)(H,14,16)(H,17,18). The van der Waals surface area contributed by atoms with Crippen molar-refractivity contribution >= 4 is 35.1 Å². The van der Waals surface area contributed by atoms with E-state index in [0.29, 0.717) is 5.69 Å². The van der Waals surface area contributed by atoms with Crippen LogP contribution < -0.4 is 11.1 Å². The summed E-state index contributed by atoms with van der Waals surface area (Å²) in [6, 6.07) is 4.10. The Hall–Kier alpha value is -2.08. The minimum absolute atomic E-state index is 0.0864. The Morgan fingerprint density at radius 3 is 2.44 bits per heavy atom. The van der Waals surface area contributed by atoms with Gasteiger partial charge in [0.2, 0.25) is 11.8 Å². The molecule has 1 aromatic carbocycles. The number of amides is 2. The second-order valence-corrected chi connectivity index (χ2v) is 4.02. The molecule has 6 nitrogen and oxygen atoms in total. The van der Waals surface area contributed by atoms with Gasteiger partial charge in [0.15, 0.2) is 0 Å². The molecule has 4 N–H and O–H groups in total. The monoisotopic (exact) mass is 270 g/mol. The Morgan fingerprint density at radius 2 is 2.00 bits per heavy atom. The van der Waals surface area contributed by atoms with E-state index in [2.05, 4.69) is 5.32 Å². The van der Waals surface area contributed by atoms with Crippen LogP contribution in [0.3, 0.4) is 0 Å². The molecule has 1 atom stereocenters. The van der Waals surface area contributed by atoms with Gasteiger partial charge in [-0.25, -0.2) is 0 Å². The number of anilines is 1. The highest BCUT2D eigenvalue weighted by Gasteiger charge is 2.20. The smallest absolute Gasteiger partial charge is 0.315 e. The molecule has 0 saturated carbocycles. The van der Waals surface area contributed by atoms with Crippen molar-refractivity contribution in [3.63, 3.8) is 0 Å². The van der Waals surface area contributed by atoms with E-state index < -0.39 is 23.7 Å². The van der Waals surface area contributed by atoms with Gasteiger partial charge in [-0.05, 0) is 25.1 Å². The second kappa shape index (κ2) is 5.50. The van der Waals surface area contributed by atoms with Crippen LogP contribution in [-0.2, 0) is 9.59 Å². The molecule has 0 aliphatic rings. The minimum atomic E-state index is -1.23. The van der Waals surface area contributed by atoms with Gasteiger partial charge in [-0.3, -0.25) is 14.4 Å². The fraction of sp³-hybridized carbons (Fsp3) is 0.182. The van der Waals surface area contributed by atoms with Crippen LogP contribution in [0.15, 0.2) is 18.2 Å². The third kappa shape index (κ3) is 3.21. The first kappa shape index (κ1) is 14.0. The Balaban J connectivity index is 2.87. The lowest BCUT2D eigenvalue weighted by molar-refractivity contribution is -0.144. The molecule has 0 bridgehead atoms. The number of nitrogens with one attached hydrogen (secondary N) is 1. The van der Waals surface area contributed by atoms with Gasteiger partial charge in [-0.1, -0.05) is 11.6 Å². The molecule has 0 saturated heterocycles. The van der Waals surface area contributed by atoms with Gasteiger partial charge in [-0.15, -0.1) is 0 Å². The predicted molar refractivity (Wildman–Crippen MR) is 65.4 cm³/mol. The van der Waals surface area contributed by atoms with E-state index in [1.807, 2.05) is 0 Å². The first-order valence-corrected chi connectivity index (χ1v) is 5.33. The van der Waals surface area contributed by atoms with Gasteiger partial charge < -0.3 is 16.2 Å². The predicted octanol–water partition coefficient (Wildman–Crippen LogP) is 1.10. The van der Waals surface area contributed by atoms with Crippen molar-refractivity contribution in [2.75, 3.05) is 5.32 Å². The van der Waals surface area contributed by atoms with E-state index in [9.17, 15) is 14.4 Å². The van der Waals surface area contributed by atoms with Crippen LogP contribution in [0.1, 0.15) is 17.3 Å². The molecule has 0 radical (unpaired) electrons. The van der Waals surface area contributed by atoms with Crippen LogP contribution in [0, 0.1) is 5.92 Å². The zero-order valence-electron chi connectivity index (χ0n) is 9.44. The lowest BCUT2D eigenvalue weighted by Gasteiger charge is -2.09. The number of halogens is 1. The number of aliphatic carboxylic acids is 1. The average molecular weight is 271 g/mol. The minimum Gasteiger partial charge on any atom is -0.481 e. The number of carbonyl (C=O) groups is 3.